The van der Waals surface area contributed by atoms with Gasteiger partial charge in [0.2, 0.25) is 5.91 Å². The van der Waals surface area contributed by atoms with E-state index < -0.39 is 11.7 Å². The molecule has 0 aromatic heterocycles. The Balaban J connectivity index is 1.54. The normalized spacial score (nSPS) is 16.2. The molecule has 0 atom stereocenters. The molecule has 2 aromatic carbocycles. The van der Waals surface area contributed by atoms with Crippen molar-refractivity contribution in [3.63, 3.8) is 0 Å². The number of amides is 1. The van der Waals surface area contributed by atoms with Gasteiger partial charge in [0, 0.05) is 28.2 Å². The Morgan fingerprint density at radius 1 is 1.11 bits per heavy atom. The maximum atomic E-state index is 12.8. The molecule has 1 aliphatic heterocycles. The number of anilines is 1. The standard InChI is InChI=1S/C20H19Cl2F3N2O/c21-16-5-4-14(18(22)11-16)12-27-8-6-13(7-9-27)19(28)26-17-3-1-2-15(10-17)20(23,24)25/h1-5,10-11,13H,6-9,12H2,(H,26,28). The number of nitrogens with one attached hydrogen (secondary N) is 1. The number of piperidine rings is 1. The molecule has 0 saturated carbocycles. The lowest BCUT2D eigenvalue weighted by Crippen LogP contribution is -2.37. The van der Waals surface area contributed by atoms with Crippen LogP contribution in [-0.2, 0) is 17.5 Å². The number of halogens is 5. The Morgan fingerprint density at radius 2 is 1.82 bits per heavy atom. The fourth-order valence-corrected chi connectivity index (χ4v) is 3.73. The van der Waals surface area contributed by atoms with Gasteiger partial charge in [-0.1, -0.05) is 35.3 Å². The molecule has 1 saturated heterocycles. The number of hydrogen-bond acceptors (Lipinski definition) is 2. The maximum absolute atomic E-state index is 12.8. The highest BCUT2D eigenvalue weighted by atomic mass is 35.5. The van der Waals surface area contributed by atoms with Crippen LogP contribution in [0, 0.1) is 5.92 Å². The average Bonchev–Trinajstić information content (AvgIpc) is 2.64. The molecule has 1 aliphatic rings. The molecule has 0 aliphatic carbocycles. The molecule has 2 aromatic rings. The molecule has 0 spiro atoms. The van der Waals surface area contributed by atoms with Gasteiger partial charge < -0.3 is 5.32 Å². The Labute approximate surface area is 171 Å². The fourth-order valence-electron chi connectivity index (χ4n) is 3.26. The van der Waals surface area contributed by atoms with Crippen molar-refractivity contribution < 1.29 is 18.0 Å². The fraction of sp³-hybridized carbons (Fsp3) is 0.350. The van der Waals surface area contributed by atoms with E-state index in [-0.39, 0.29) is 17.5 Å². The lowest BCUT2D eigenvalue weighted by Gasteiger charge is -2.31. The molecule has 1 N–H and O–H groups in total. The van der Waals surface area contributed by atoms with Gasteiger partial charge in [0.1, 0.15) is 0 Å². The Bertz CT molecular complexity index is 850. The number of nitrogens with zero attached hydrogens (tertiary/aromatic N) is 1. The highest BCUT2D eigenvalue weighted by molar-refractivity contribution is 6.35. The van der Waals surface area contributed by atoms with Crippen molar-refractivity contribution in [3.05, 3.63) is 63.6 Å². The van der Waals surface area contributed by atoms with Crippen molar-refractivity contribution in [1.29, 1.82) is 0 Å². The monoisotopic (exact) mass is 430 g/mol. The first kappa shape index (κ1) is 21.0. The van der Waals surface area contributed by atoms with E-state index >= 15 is 0 Å². The molecule has 1 fully saturated rings. The molecule has 3 rings (SSSR count). The van der Waals surface area contributed by atoms with Crippen LogP contribution in [0.15, 0.2) is 42.5 Å². The van der Waals surface area contributed by atoms with Crippen LogP contribution in [0.1, 0.15) is 24.0 Å². The number of carbonyl (C=O) groups excluding carboxylic acids is 1. The summed E-state index contributed by atoms with van der Waals surface area (Å²) in [4.78, 5) is 14.6. The molecule has 8 heteroatoms. The number of alkyl halides is 3. The van der Waals surface area contributed by atoms with Gasteiger partial charge in [-0.05, 0) is 61.8 Å². The van der Waals surface area contributed by atoms with E-state index in [9.17, 15) is 18.0 Å². The van der Waals surface area contributed by atoms with Crippen LogP contribution in [-0.4, -0.2) is 23.9 Å². The molecule has 1 heterocycles. The van der Waals surface area contributed by atoms with Gasteiger partial charge in [0.05, 0.1) is 5.56 Å². The van der Waals surface area contributed by atoms with Crippen molar-refractivity contribution in [3.8, 4) is 0 Å². The van der Waals surface area contributed by atoms with Crippen LogP contribution >= 0.6 is 23.2 Å². The second-order valence-corrected chi connectivity index (χ2v) is 7.70. The molecule has 0 bridgehead atoms. The quantitative estimate of drug-likeness (QED) is 0.658. The number of hydrogen-bond donors (Lipinski definition) is 1. The third kappa shape index (κ3) is 5.40. The summed E-state index contributed by atoms with van der Waals surface area (Å²) >= 11 is 12.1. The minimum absolute atomic E-state index is 0.162. The summed E-state index contributed by atoms with van der Waals surface area (Å²) in [6.07, 6.45) is -3.17. The van der Waals surface area contributed by atoms with Crippen LogP contribution in [0.25, 0.3) is 0 Å². The van der Waals surface area contributed by atoms with E-state index in [0.29, 0.717) is 42.5 Å². The lowest BCUT2D eigenvalue weighted by molar-refractivity contribution is -0.137. The van der Waals surface area contributed by atoms with Crippen LogP contribution in [0.3, 0.4) is 0 Å². The minimum Gasteiger partial charge on any atom is -0.326 e. The predicted molar refractivity (Wildman–Crippen MR) is 105 cm³/mol. The first-order chi connectivity index (χ1) is 13.2. The molecular weight excluding hydrogens is 412 g/mol. The molecule has 28 heavy (non-hydrogen) atoms. The van der Waals surface area contributed by atoms with Crippen LogP contribution in [0.5, 0.6) is 0 Å². The first-order valence-electron chi connectivity index (χ1n) is 8.87. The highest BCUT2D eigenvalue weighted by Crippen LogP contribution is 2.31. The number of rotatable bonds is 4. The van der Waals surface area contributed by atoms with Crippen molar-refractivity contribution in [2.24, 2.45) is 5.92 Å². The van der Waals surface area contributed by atoms with Gasteiger partial charge in [-0.15, -0.1) is 0 Å². The van der Waals surface area contributed by atoms with E-state index in [1.54, 1.807) is 12.1 Å². The van der Waals surface area contributed by atoms with Gasteiger partial charge in [0.15, 0.2) is 0 Å². The summed E-state index contributed by atoms with van der Waals surface area (Å²) in [5, 5.41) is 3.80. The minimum atomic E-state index is -4.44. The summed E-state index contributed by atoms with van der Waals surface area (Å²) in [6, 6.07) is 10.1. The van der Waals surface area contributed by atoms with Crippen molar-refractivity contribution in [1.82, 2.24) is 4.90 Å². The topological polar surface area (TPSA) is 32.3 Å². The summed E-state index contributed by atoms with van der Waals surface area (Å²) < 4.78 is 38.4. The van der Waals surface area contributed by atoms with E-state index in [1.807, 2.05) is 6.07 Å². The van der Waals surface area contributed by atoms with E-state index in [2.05, 4.69) is 10.2 Å². The number of likely N-dealkylation sites (tertiary alicyclic amines) is 1. The van der Waals surface area contributed by atoms with E-state index in [0.717, 1.165) is 17.7 Å². The van der Waals surface area contributed by atoms with Crippen molar-refractivity contribution >= 4 is 34.8 Å². The largest absolute Gasteiger partial charge is 0.416 e. The van der Waals surface area contributed by atoms with Gasteiger partial charge in [0.25, 0.3) is 0 Å². The molecular formula is C20H19Cl2F3N2O. The summed E-state index contributed by atoms with van der Waals surface area (Å²) in [6.45, 7) is 2.08. The third-order valence-electron chi connectivity index (χ3n) is 4.82. The van der Waals surface area contributed by atoms with Gasteiger partial charge >= 0.3 is 6.18 Å². The molecule has 1 amide bonds. The summed E-state index contributed by atoms with van der Waals surface area (Å²) in [7, 11) is 0. The molecule has 3 nitrogen and oxygen atoms in total. The number of benzene rings is 2. The second-order valence-electron chi connectivity index (χ2n) is 6.85. The van der Waals surface area contributed by atoms with Crippen LogP contribution in [0.2, 0.25) is 10.0 Å². The van der Waals surface area contributed by atoms with E-state index in [1.165, 1.54) is 12.1 Å². The number of carbonyl (C=O) groups is 1. The maximum Gasteiger partial charge on any atom is 0.416 e. The lowest BCUT2D eigenvalue weighted by atomic mass is 9.95. The Morgan fingerprint density at radius 3 is 2.46 bits per heavy atom. The Hall–Kier alpha value is -1.76. The van der Waals surface area contributed by atoms with Gasteiger partial charge in [-0.25, -0.2) is 0 Å². The summed E-state index contributed by atoms with van der Waals surface area (Å²) in [5.74, 6) is -0.477. The average molecular weight is 431 g/mol. The first-order valence-corrected chi connectivity index (χ1v) is 9.62. The predicted octanol–water partition coefficient (Wildman–Crippen LogP) is 5.86. The SMILES string of the molecule is O=C(Nc1cccc(C(F)(F)F)c1)C1CCN(Cc2ccc(Cl)cc2Cl)CC1. The van der Waals surface area contributed by atoms with E-state index in [4.69, 9.17) is 23.2 Å². The molecule has 150 valence electrons. The van der Waals surface area contributed by atoms with Crippen LogP contribution < -0.4 is 5.32 Å². The van der Waals surface area contributed by atoms with Crippen molar-refractivity contribution in [2.45, 2.75) is 25.6 Å². The third-order valence-corrected chi connectivity index (χ3v) is 5.41. The Kier molecular flexibility index (Phi) is 6.53. The second kappa shape index (κ2) is 8.72. The molecule has 0 unspecified atom stereocenters. The zero-order valence-corrected chi connectivity index (χ0v) is 16.4. The zero-order valence-electron chi connectivity index (χ0n) is 14.9. The zero-order chi connectivity index (χ0) is 20.3. The smallest absolute Gasteiger partial charge is 0.326 e. The summed E-state index contributed by atoms with van der Waals surface area (Å²) in [5.41, 5.74) is 0.355. The van der Waals surface area contributed by atoms with Crippen LogP contribution in [0.4, 0.5) is 18.9 Å². The van der Waals surface area contributed by atoms with Gasteiger partial charge in [-0.3, -0.25) is 9.69 Å². The van der Waals surface area contributed by atoms with Crippen molar-refractivity contribution in [2.75, 3.05) is 18.4 Å². The van der Waals surface area contributed by atoms with Gasteiger partial charge in [-0.2, -0.15) is 13.2 Å². The molecule has 0 radical (unpaired) electrons. The highest BCUT2D eigenvalue weighted by Gasteiger charge is 2.31.